The predicted molar refractivity (Wildman–Crippen MR) is 285 cm³/mol. The van der Waals surface area contributed by atoms with Gasteiger partial charge in [-0.05, 0) is 84.5 Å². The van der Waals surface area contributed by atoms with E-state index in [1.54, 1.807) is 22.7 Å². The number of amides is 2. The van der Waals surface area contributed by atoms with Crippen LogP contribution in [0.15, 0.2) is 206 Å². The summed E-state index contributed by atoms with van der Waals surface area (Å²) >= 11 is 3.61. The highest BCUT2D eigenvalue weighted by molar-refractivity contribution is 7.26. The fourth-order valence-corrected chi connectivity index (χ4v) is 14.0. The van der Waals surface area contributed by atoms with Gasteiger partial charge in [-0.15, -0.1) is 22.7 Å². The molecule has 15 rings (SSSR count). The summed E-state index contributed by atoms with van der Waals surface area (Å²) in [6, 6.07) is 75.4. The molecule has 0 saturated carbocycles. The van der Waals surface area contributed by atoms with Crippen LogP contribution in [0.25, 0.3) is 73.4 Å². The fraction of sp³-hybridized carbons (Fsp3) is 0. The molecule has 0 aliphatic carbocycles. The lowest BCUT2D eigenvalue weighted by molar-refractivity contribution is 0.255. The molecule has 10 aromatic carbocycles. The first-order valence-corrected chi connectivity index (χ1v) is 24.2. The maximum Gasteiger partial charge on any atom is 0.338 e. The molecule has 3 aliphatic rings. The van der Waals surface area contributed by atoms with Crippen molar-refractivity contribution in [1.29, 1.82) is 0 Å². The third kappa shape index (κ3) is 4.96. The molecule has 0 spiro atoms. The highest BCUT2D eigenvalue weighted by Crippen LogP contribution is 2.50. The molecule has 0 N–H and O–H groups in total. The lowest BCUT2D eigenvalue weighted by Crippen LogP contribution is -2.64. The number of carbonyl (C=O) groups is 1. The van der Waals surface area contributed by atoms with Gasteiger partial charge in [0.25, 0.3) is 0 Å². The second-order valence-corrected chi connectivity index (χ2v) is 20.0. The van der Waals surface area contributed by atoms with E-state index in [2.05, 4.69) is 216 Å². The second kappa shape index (κ2) is 13.7. The Hall–Kier alpha value is -7.70. The smallest absolute Gasteiger partial charge is 0.263 e. The van der Waals surface area contributed by atoms with Crippen LogP contribution in [0.1, 0.15) is 0 Å². The van der Waals surface area contributed by atoms with Crippen LogP contribution >= 0.6 is 22.7 Å². The van der Waals surface area contributed by atoms with Crippen molar-refractivity contribution in [2.45, 2.75) is 0 Å². The molecule has 0 unspecified atom stereocenters. The summed E-state index contributed by atoms with van der Waals surface area (Å²) in [5.41, 5.74) is 15.7. The molecule has 66 heavy (non-hydrogen) atoms. The highest BCUT2D eigenvalue weighted by Gasteiger charge is 2.49. The number of carbonyl (C=O) groups excluding carboxylic acids is 1. The minimum atomic E-state index is -0.144. The Kier molecular flexibility index (Phi) is 7.58. The van der Waals surface area contributed by atoms with Crippen molar-refractivity contribution in [2.75, 3.05) is 9.80 Å². The molecule has 2 aromatic heterocycles. The average Bonchev–Trinajstić information content (AvgIpc) is 3.93. The van der Waals surface area contributed by atoms with Crippen LogP contribution in [0.5, 0.6) is 0 Å². The Labute approximate surface area is 389 Å². The molecule has 0 atom stereocenters. The van der Waals surface area contributed by atoms with Crippen molar-refractivity contribution in [3.63, 3.8) is 0 Å². The average molecular weight is 873 g/mol. The number of hydrogen-bond donors (Lipinski definition) is 0. The van der Waals surface area contributed by atoms with Gasteiger partial charge in [0.15, 0.2) is 0 Å². The summed E-state index contributed by atoms with van der Waals surface area (Å²) < 4.78 is 4.85. The topological polar surface area (TPSA) is 23.6 Å². The quantitative estimate of drug-likeness (QED) is 0.162. The summed E-state index contributed by atoms with van der Waals surface area (Å²) in [6.45, 7) is -0.289. The van der Waals surface area contributed by atoms with Gasteiger partial charge in [-0.25, -0.2) is 4.79 Å². The van der Waals surface area contributed by atoms with Crippen molar-refractivity contribution >= 4 is 149 Å². The third-order valence-electron chi connectivity index (χ3n) is 14.5. The Bertz CT molecular complexity index is 3810. The number of anilines is 4. The lowest BCUT2D eigenvalue weighted by atomic mass is 9.33. The van der Waals surface area contributed by atoms with Gasteiger partial charge in [0, 0.05) is 46.3 Å². The molecule has 3 aliphatic heterocycles. The zero-order valence-corrected chi connectivity index (χ0v) is 37.0. The number of hydrogen-bond acceptors (Lipinski definition) is 3. The monoisotopic (exact) mass is 872 g/mol. The van der Waals surface area contributed by atoms with Crippen molar-refractivity contribution < 1.29 is 4.79 Å². The summed E-state index contributed by atoms with van der Waals surface area (Å²) in [6.07, 6.45) is 0. The van der Waals surface area contributed by atoms with E-state index < -0.39 is 0 Å². The number of urea groups is 1. The lowest BCUT2D eigenvalue weighted by Gasteiger charge is -2.46. The fourth-order valence-electron chi connectivity index (χ4n) is 11.8. The number of rotatable bonds is 4. The van der Waals surface area contributed by atoms with E-state index in [0.717, 1.165) is 55.4 Å². The van der Waals surface area contributed by atoms with Crippen LogP contribution in [0.3, 0.4) is 0 Å². The van der Waals surface area contributed by atoms with Crippen LogP contribution in [0.4, 0.5) is 27.5 Å². The minimum Gasteiger partial charge on any atom is -0.263 e. The van der Waals surface area contributed by atoms with E-state index in [1.165, 1.54) is 73.5 Å². The number of nitrogens with zero attached hydrogens (tertiary/aromatic N) is 2. The Morgan fingerprint density at radius 1 is 0.348 bits per heavy atom. The molecule has 7 heteroatoms. The summed E-state index contributed by atoms with van der Waals surface area (Å²) in [4.78, 5) is 20.6. The van der Waals surface area contributed by atoms with Crippen molar-refractivity contribution in [2.24, 2.45) is 0 Å². The van der Waals surface area contributed by atoms with Gasteiger partial charge < -0.3 is 0 Å². The first-order chi connectivity index (χ1) is 32.7. The zero-order chi connectivity index (χ0) is 43.2. The number of fused-ring (bicyclic) bond motifs is 10. The second-order valence-electron chi connectivity index (χ2n) is 17.8. The minimum absolute atomic E-state index is 0.0447. The zero-order valence-electron chi connectivity index (χ0n) is 35.4. The highest BCUT2D eigenvalue weighted by atomic mass is 32.1. The van der Waals surface area contributed by atoms with E-state index in [0.29, 0.717) is 0 Å². The van der Waals surface area contributed by atoms with Gasteiger partial charge in [-0.2, -0.15) is 0 Å². The molecule has 0 radical (unpaired) electrons. The molecule has 3 nitrogen and oxygen atoms in total. The van der Waals surface area contributed by atoms with Crippen molar-refractivity contribution in [1.82, 2.24) is 0 Å². The predicted octanol–water partition coefficient (Wildman–Crippen LogP) is 12.0. The van der Waals surface area contributed by atoms with Crippen LogP contribution in [0.2, 0.25) is 0 Å². The van der Waals surface area contributed by atoms with Crippen molar-refractivity contribution in [3.8, 4) is 22.3 Å². The van der Waals surface area contributed by atoms with E-state index in [-0.39, 0.29) is 19.5 Å². The first-order valence-electron chi connectivity index (χ1n) is 22.6. The van der Waals surface area contributed by atoms with Gasteiger partial charge in [0.05, 0.1) is 11.4 Å². The Morgan fingerprint density at radius 3 is 1.26 bits per heavy atom. The normalized spacial score (nSPS) is 13.7. The first kappa shape index (κ1) is 36.6. The molecule has 12 aromatic rings. The van der Waals surface area contributed by atoms with Crippen LogP contribution in [-0.4, -0.2) is 19.5 Å². The molecule has 0 fully saturated rings. The molecule has 2 amide bonds. The van der Waals surface area contributed by atoms with Gasteiger partial charge in [0.2, 0.25) is 13.4 Å². The summed E-state index contributed by atoms with van der Waals surface area (Å²) in [5, 5.41) is 7.19. The maximum absolute atomic E-state index is 16.4. The Morgan fingerprint density at radius 2 is 0.773 bits per heavy atom. The molecular weight excluding hydrogens is 838 g/mol. The largest absolute Gasteiger partial charge is 0.338 e. The van der Waals surface area contributed by atoms with Crippen molar-refractivity contribution in [3.05, 3.63) is 206 Å². The van der Waals surface area contributed by atoms with E-state index in [1.807, 2.05) is 0 Å². The van der Waals surface area contributed by atoms with E-state index >= 15 is 4.79 Å². The summed E-state index contributed by atoms with van der Waals surface area (Å²) in [7, 11) is 0. The molecule has 304 valence electrons. The molecular formula is C59H34B2N2OS2. The van der Waals surface area contributed by atoms with Crippen LogP contribution in [0, 0.1) is 0 Å². The number of thiophene rings is 2. The van der Waals surface area contributed by atoms with Gasteiger partial charge >= 0.3 is 6.03 Å². The Balaban J connectivity index is 1.08. The summed E-state index contributed by atoms with van der Waals surface area (Å²) in [5.74, 6) is 0. The van der Waals surface area contributed by atoms with Gasteiger partial charge in [-0.3, -0.25) is 9.80 Å². The standard InChI is InChI=1S/C59H34B2N2OS2/c64-59-62-50-33-54-42(40-21-9-13-25-52(40)65-54)31-48(50)60(44-23-11-7-19-38(44)35-15-3-1-4-16-35)46-29-27-37-28-30-47-58(56(37)57(46)62)63(59)51-34-55-43(41-22-10-14-26-53(41)66-55)32-49(51)61(47)45-24-12-8-20-39(45)36-17-5-2-6-18-36/h1-34H. The van der Waals surface area contributed by atoms with Crippen LogP contribution in [-0.2, 0) is 0 Å². The maximum atomic E-state index is 16.4. The number of benzene rings is 10. The molecule has 5 heterocycles. The van der Waals surface area contributed by atoms with Gasteiger partial charge in [0.1, 0.15) is 0 Å². The third-order valence-corrected chi connectivity index (χ3v) is 16.8. The van der Waals surface area contributed by atoms with E-state index in [4.69, 9.17) is 0 Å². The molecule has 0 saturated heterocycles. The van der Waals surface area contributed by atoms with Gasteiger partial charge in [-0.1, -0.05) is 193 Å². The molecule has 0 bridgehead atoms. The van der Waals surface area contributed by atoms with E-state index in [9.17, 15) is 0 Å². The SMILES string of the molecule is O=C1N2c3cc4sc5ccccc5c4cc3B(c3ccccc3-c3ccccc3)c3ccc4ccc5c(c4c32)N1c1cc2sc3ccccc3c2cc1B5c1ccccc1-c1ccccc1. The van der Waals surface area contributed by atoms with Crippen LogP contribution < -0.4 is 42.6 Å².